The number of imide groups is 1. The van der Waals surface area contributed by atoms with Crippen molar-refractivity contribution >= 4 is 75.3 Å². The van der Waals surface area contributed by atoms with Crippen LogP contribution in [0.15, 0.2) is 130 Å². The number of hydrogen-bond acceptors (Lipinski definition) is 13. The summed E-state index contributed by atoms with van der Waals surface area (Å²) in [6.45, 7) is 6.89. The second kappa shape index (κ2) is 20.7. The molecule has 3 aliphatic heterocycles. The fourth-order valence-corrected chi connectivity index (χ4v) is 11.2. The Morgan fingerprint density at radius 3 is 1.96 bits per heavy atom. The predicted molar refractivity (Wildman–Crippen MR) is 269 cm³/mol. The lowest BCUT2D eigenvalue weighted by Crippen LogP contribution is -2.38. The summed E-state index contributed by atoms with van der Waals surface area (Å²) >= 11 is 0. The van der Waals surface area contributed by atoms with Crippen LogP contribution in [0.5, 0.6) is 5.75 Å². The lowest BCUT2D eigenvalue weighted by atomic mass is 9.81. The third kappa shape index (κ3) is 12.6. The van der Waals surface area contributed by atoms with Crippen molar-refractivity contribution in [3.8, 4) is 5.75 Å². The van der Waals surface area contributed by atoms with Gasteiger partial charge in [0.25, 0.3) is 52.3 Å². The Bertz CT molecular complexity index is 3430. The summed E-state index contributed by atoms with van der Waals surface area (Å²) in [5.74, 6) is -1.70. The Kier molecular flexibility index (Phi) is 15.5. The van der Waals surface area contributed by atoms with Crippen LogP contribution in [0, 0.1) is 0 Å². The molecule has 20 nitrogen and oxygen atoms in total. The summed E-state index contributed by atoms with van der Waals surface area (Å²) in [6, 6.07) is 14.9. The first-order valence-corrected chi connectivity index (χ1v) is 29.0. The highest BCUT2D eigenvalue weighted by Crippen LogP contribution is 2.49. The van der Waals surface area contributed by atoms with Crippen molar-refractivity contribution in [3.63, 3.8) is 0 Å². The van der Waals surface area contributed by atoms with Gasteiger partial charge >= 0.3 is 0 Å². The molecule has 0 saturated carbocycles. The highest BCUT2D eigenvalue weighted by molar-refractivity contribution is 7.86. The number of carbonyl (C=O) groups excluding carboxylic acids is 3. The lowest BCUT2D eigenvalue weighted by Gasteiger charge is -2.27. The van der Waals surface area contributed by atoms with Crippen molar-refractivity contribution in [2.24, 2.45) is 0 Å². The van der Waals surface area contributed by atoms with E-state index < -0.39 is 74.6 Å². The minimum Gasteiger partial charge on any atom is -0.457 e. The van der Waals surface area contributed by atoms with Crippen molar-refractivity contribution in [3.05, 3.63) is 136 Å². The van der Waals surface area contributed by atoms with Crippen LogP contribution in [0.2, 0.25) is 0 Å². The van der Waals surface area contributed by atoms with Crippen LogP contribution in [-0.4, -0.2) is 122 Å². The molecule has 3 amide bonds. The number of nitrogens with one attached hydrogen (secondary N) is 1. The Morgan fingerprint density at radius 2 is 1.34 bits per heavy atom. The molecule has 3 aromatic carbocycles. The molecule has 5 N–H and O–H groups in total. The molecule has 0 radical (unpaired) electrons. The molecule has 73 heavy (non-hydrogen) atoms. The van der Waals surface area contributed by atoms with Gasteiger partial charge in [0.05, 0.1) is 21.0 Å². The normalized spacial score (nSPS) is 19.0. The van der Waals surface area contributed by atoms with E-state index in [1.807, 2.05) is 0 Å². The average molecular weight is 1080 g/mol. The maximum Gasteiger partial charge on any atom is 0.294 e. The van der Waals surface area contributed by atoms with Gasteiger partial charge in [-0.3, -0.25) is 37.5 Å². The van der Waals surface area contributed by atoms with E-state index in [-0.39, 0.29) is 48.3 Å². The molecule has 3 aromatic rings. The molecule has 24 heteroatoms. The summed E-state index contributed by atoms with van der Waals surface area (Å²) in [5, 5.41) is 2.72. The van der Waals surface area contributed by atoms with E-state index >= 15 is 0 Å². The van der Waals surface area contributed by atoms with Gasteiger partial charge in [0, 0.05) is 72.7 Å². The molecular weight excluding hydrogens is 1030 g/mol. The zero-order chi connectivity index (χ0) is 53.5. The standard InChI is InChI=1S/C49H54N4O16S4/c1-48(2)38-30-36(72(63,64)65)15-17-40(38)51(26-28-70(57,58)59)42(48)19-11-33-6-5-7-34(12-20-43-49(3,4)39-31-37(73(66,67)68)16-18-41(39)52(43)27-29-71(60,61)62)47(33)69-35-13-8-32(9-14-35)10-21-44(54)50-24-25-53-45(55)22-23-46(53)56/h8-9,11-20,22-23,30-31H,5-7,10,21,24-29H2,1-4H3,(H4-,50,54,57,58,59,60,61,62,63,64,65,66,67,68)/p+1. The van der Waals surface area contributed by atoms with Gasteiger partial charge in [-0.2, -0.15) is 38.2 Å². The Morgan fingerprint density at radius 1 is 0.726 bits per heavy atom. The smallest absolute Gasteiger partial charge is 0.294 e. The number of fused-ring (bicyclic) bond motifs is 2. The molecule has 0 atom stereocenters. The monoisotopic (exact) mass is 1080 g/mol. The van der Waals surface area contributed by atoms with Gasteiger partial charge in [-0.1, -0.05) is 32.1 Å². The van der Waals surface area contributed by atoms with Gasteiger partial charge in [0.2, 0.25) is 11.6 Å². The van der Waals surface area contributed by atoms with Crippen molar-refractivity contribution in [1.29, 1.82) is 0 Å². The fraction of sp³-hybridized carbons (Fsp3) is 0.347. The van der Waals surface area contributed by atoms with Crippen LogP contribution >= 0.6 is 0 Å². The van der Waals surface area contributed by atoms with Gasteiger partial charge in [-0.25, -0.2) is 0 Å². The molecule has 0 aromatic heterocycles. The third-order valence-electron chi connectivity index (χ3n) is 13.2. The van der Waals surface area contributed by atoms with Gasteiger partial charge < -0.3 is 15.0 Å². The van der Waals surface area contributed by atoms with Gasteiger partial charge in [-0.15, -0.1) is 0 Å². The van der Waals surface area contributed by atoms with E-state index in [0.717, 1.165) is 10.5 Å². The van der Waals surface area contributed by atoms with Crippen molar-refractivity contribution in [2.75, 3.05) is 42.6 Å². The fourth-order valence-electron chi connectivity index (χ4n) is 9.38. The maximum atomic E-state index is 12.7. The van der Waals surface area contributed by atoms with Gasteiger partial charge in [0.15, 0.2) is 12.3 Å². The Balaban J connectivity index is 1.27. The van der Waals surface area contributed by atoms with Crippen LogP contribution in [0.3, 0.4) is 0 Å². The number of ether oxygens (including phenoxy) is 1. The number of rotatable bonds is 19. The van der Waals surface area contributed by atoms with E-state index in [0.29, 0.717) is 82.2 Å². The van der Waals surface area contributed by atoms with Crippen LogP contribution in [0.1, 0.15) is 70.1 Å². The molecule has 4 aliphatic rings. The summed E-state index contributed by atoms with van der Waals surface area (Å²) in [5.41, 5.74) is 3.06. The number of amides is 3. The molecule has 0 unspecified atom stereocenters. The number of anilines is 1. The number of aryl methyl sites for hydroxylation is 1. The van der Waals surface area contributed by atoms with Crippen LogP contribution < -0.4 is 15.0 Å². The molecule has 0 saturated heterocycles. The Labute approximate surface area is 424 Å². The highest BCUT2D eigenvalue weighted by Gasteiger charge is 2.46. The number of nitrogens with zero attached hydrogens (tertiary/aromatic N) is 3. The van der Waals surface area contributed by atoms with Crippen molar-refractivity contribution in [2.45, 2.75) is 80.4 Å². The Hall–Kier alpha value is -6.12. The zero-order valence-electron chi connectivity index (χ0n) is 40.2. The van der Waals surface area contributed by atoms with Gasteiger partial charge in [0.1, 0.15) is 17.3 Å². The molecule has 0 spiro atoms. The summed E-state index contributed by atoms with van der Waals surface area (Å²) < 4.78 is 145. The number of hydrogen-bond donors (Lipinski definition) is 5. The molecule has 0 fully saturated rings. The molecule has 390 valence electrons. The predicted octanol–water partition coefficient (Wildman–Crippen LogP) is 4.99. The number of carbonyl (C=O) groups is 3. The summed E-state index contributed by atoms with van der Waals surface area (Å²) in [6.07, 6.45) is 11.4. The van der Waals surface area contributed by atoms with Crippen LogP contribution in [0.25, 0.3) is 0 Å². The SMILES string of the molecule is CC1(C)C(/C=C/C2=C(Oc3ccc(CCC(=O)NCCN4C(=O)C=CC4=O)cc3)C(=C/C=C3/N(CCS(=O)(=O)O)c4ccc(S(=O)(=O)O)cc4C3(C)C)/CCC2)=[N+](CCS(=O)(=O)O)c2ccc(S(=O)(=O)O)cc21. The maximum absolute atomic E-state index is 12.7. The average Bonchev–Trinajstić information content (AvgIpc) is 3.82. The van der Waals surface area contributed by atoms with E-state index in [9.17, 15) is 66.3 Å². The lowest BCUT2D eigenvalue weighted by molar-refractivity contribution is -0.432. The molecule has 0 bridgehead atoms. The first-order chi connectivity index (χ1) is 33.9. The van der Waals surface area contributed by atoms with Gasteiger partial charge in [-0.05, 0) is 116 Å². The number of benzene rings is 3. The minimum absolute atomic E-state index is 0.0353. The molecule has 1 aliphatic carbocycles. The highest BCUT2D eigenvalue weighted by atomic mass is 32.2. The van der Waals surface area contributed by atoms with E-state index in [2.05, 4.69) is 5.32 Å². The first kappa shape index (κ1) is 54.6. The topological polar surface area (TPSA) is 299 Å². The van der Waals surface area contributed by atoms with Crippen molar-refractivity contribution < 1.29 is 75.6 Å². The third-order valence-corrected chi connectivity index (χ3v) is 16.3. The summed E-state index contributed by atoms with van der Waals surface area (Å²) in [4.78, 5) is 38.3. The quantitative estimate of drug-likeness (QED) is 0.0600. The second-order valence-electron chi connectivity index (χ2n) is 18.9. The molecule has 3 heterocycles. The largest absolute Gasteiger partial charge is 0.457 e. The number of allylic oxidation sites excluding steroid dienone is 7. The van der Waals surface area contributed by atoms with Crippen LogP contribution in [-0.2, 0) is 72.1 Å². The molecular formula is C49H55N4O16S4+. The van der Waals surface area contributed by atoms with E-state index in [1.165, 1.54) is 48.6 Å². The minimum atomic E-state index is -4.62. The zero-order valence-corrected chi connectivity index (χ0v) is 43.4. The van der Waals surface area contributed by atoms with Crippen LogP contribution in [0.4, 0.5) is 11.4 Å². The summed E-state index contributed by atoms with van der Waals surface area (Å²) in [7, 11) is -18.2. The van der Waals surface area contributed by atoms with E-state index in [4.69, 9.17) is 4.74 Å². The molecule has 7 rings (SSSR count). The second-order valence-corrected chi connectivity index (χ2v) is 24.8. The van der Waals surface area contributed by atoms with E-state index in [1.54, 1.807) is 85.7 Å². The first-order valence-electron chi connectivity index (χ1n) is 22.9. The van der Waals surface area contributed by atoms with Crippen molar-refractivity contribution in [1.82, 2.24) is 10.2 Å².